The summed E-state index contributed by atoms with van der Waals surface area (Å²) in [4.78, 5) is 0. The zero-order valence-electron chi connectivity index (χ0n) is 9.24. The maximum Gasteiger partial charge on any atom is 0.0624 e. The zero-order valence-corrected chi connectivity index (χ0v) is 10.8. The standard InChI is InChI=1S/C12H18BrNO/c1-9(2)15-8-12(14)7-10-3-5-11(13)6-4-10/h3-6,9,12H,7-8,14H2,1-2H3. The Balaban J connectivity index is 2.37. The molecule has 3 heteroatoms. The van der Waals surface area contributed by atoms with Crippen molar-refractivity contribution in [2.24, 2.45) is 5.73 Å². The summed E-state index contributed by atoms with van der Waals surface area (Å²) in [5.74, 6) is 0. The van der Waals surface area contributed by atoms with E-state index in [0.717, 1.165) is 10.9 Å². The average Bonchev–Trinajstić information content (AvgIpc) is 2.19. The van der Waals surface area contributed by atoms with Gasteiger partial charge in [-0.05, 0) is 38.0 Å². The normalized spacial score (nSPS) is 13.1. The number of ether oxygens (including phenoxy) is 1. The maximum atomic E-state index is 5.96. The van der Waals surface area contributed by atoms with Gasteiger partial charge < -0.3 is 10.5 Å². The molecule has 1 aromatic carbocycles. The van der Waals surface area contributed by atoms with Gasteiger partial charge in [-0.2, -0.15) is 0 Å². The average molecular weight is 272 g/mol. The van der Waals surface area contributed by atoms with Crippen molar-refractivity contribution in [3.8, 4) is 0 Å². The Morgan fingerprint density at radius 2 is 1.87 bits per heavy atom. The topological polar surface area (TPSA) is 35.2 Å². The molecule has 0 radical (unpaired) electrons. The van der Waals surface area contributed by atoms with Crippen molar-refractivity contribution in [3.63, 3.8) is 0 Å². The predicted octanol–water partition coefficient (Wildman–Crippen LogP) is 2.74. The van der Waals surface area contributed by atoms with Crippen molar-refractivity contribution in [2.45, 2.75) is 32.4 Å². The largest absolute Gasteiger partial charge is 0.377 e. The number of nitrogens with two attached hydrogens (primary N) is 1. The van der Waals surface area contributed by atoms with Crippen molar-refractivity contribution < 1.29 is 4.74 Å². The second kappa shape index (κ2) is 6.26. The fourth-order valence-electron chi connectivity index (χ4n) is 1.30. The summed E-state index contributed by atoms with van der Waals surface area (Å²) in [6, 6.07) is 8.31. The molecule has 1 rings (SSSR count). The third-order valence-electron chi connectivity index (χ3n) is 2.05. The van der Waals surface area contributed by atoms with Gasteiger partial charge in [0.25, 0.3) is 0 Å². The van der Waals surface area contributed by atoms with Crippen LogP contribution >= 0.6 is 15.9 Å². The van der Waals surface area contributed by atoms with Gasteiger partial charge in [0, 0.05) is 10.5 Å². The molecule has 0 aliphatic carbocycles. The summed E-state index contributed by atoms with van der Waals surface area (Å²) >= 11 is 3.41. The van der Waals surface area contributed by atoms with Gasteiger partial charge in [0.05, 0.1) is 12.7 Å². The fourth-order valence-corrected chi connectivity index (χ4v) is 1.56. The smallest absolute Gasteiger partial charge is 0.0624 e. The summed E-state index contributed by atoms with van der Waals surface area (Å²) < 4.78 is 6.56. The van der Waals surface area contributed by atoms with Crippen molar-refractivity contribution in [1.29, 1.82) is 0 Å². The lowest BCUT2D eigenvalue weighted by molar-refractivity contribution is 0.0684. The Kier molecular flexibility index (Phi) is 5.29. The van der Waals surface area contributed by atoms with Crippen molar-refractivity contribution >= 4 is 15.9 Å². The molecule has 0 heterocycles. The fraction of sp³-hybridized carbons (Fsp3) is 0.500. The first-order valence-electron chi connectivity index (χ1n) is 5.19. The highest BCUT2D eigenvalue weighted by molar-refractivity contribution is 9.10. The number of hydrogen-bond acceptors (Lipinski definition) is 2. The van der Waals surface area contributed by atoms with Gasteiger partial charge in [0.2, 0.25) is 0 Å². The van der Waals surface area contributed by atoms with Crippen LogP contribution in [0.15, 0.2) is 28.7 Å². The van der Waals surface area contributed by atoms with Gasteiger partial charge in [-0.15, -0.1) is 0 Å². The first kappa shape index (κ1) is 12.7. The molecule has 2 nitrogen and oxygen atoms in total. The molecule has 2 N–H and O–H groups in total. The second-order valence-electron chi connectivity index (χ2n) is 3.97. The lowest BCUT2D eigenvalue weighted by Crippen LogP contribution is -2.29. The second-order valence-corrected chi connectivity index (χ2v) is 4.89. The Morgan fingerprint density at radius 3 is 2.40 bits per heavy atom. The van der Waals surface area contributed by atoms with Crippen LogP contribution in [0.2, 0.25) is 0 Å². The molecule has 0 aliphatic heterocycles. The highest BCUT2D eigenvalue weighted by Crippen LogP contribution is 2.11. The highest BCUT2D eigenvalue weighted by Gasteiger charge is 2.05. The summed E-state index contributed by atoms with van der Waals surface area (Å²) in [6.07, 6.45) is 1.11. The number of benzene rings is 1. The van der Waals surface area contributed by atoms with E-state index in [1.54, 1.807) is 0 Å². The van der Waals surface area contributed by atoms with E-state index in [1.807, 2.05) is 26.0 Å². The van der Waals surface area contributed by atoms with Crippen molar-refractivity contribution in [2.75, 3.05) is 6.61 Å². The zero-order chi connectivity index (χ0) is 11.3. The number of hydrogen-bond donors (Lipinski definition) is 1. The van der Waals surface area contributed by atoms with E-state index in [1.165, 1.54) is 5.56 Å². The molecule has 1 atom stereocenters. The molecular formula is C12H18BrNO. The molecule has 0 aliphatic rings. The lowest BCUT2D eigenvalue weighted by Gasteiger charge is -2.14. The monoisotopic (exact) mass is 271 g/mol. The number of rotatable bonds is 5. The van der Waals surface area contributed by atoms with Gasteiger partial charge in [-0.25, -0.2) is 0 Å². The lowest BCUT2D eigenvalue weighted by atomic mass is 10.1. The van der Waals surface area contributed by atoms with Crippen LogP contribution < -0.4 is 5.73 Å². The summed E-state index contributed by atoms with van der Waals surface area (Å²) in [7, 11) is 0. The minimum atomic E-state index is 0.0774. The first-order chi connectivity index (χ1) is 7.08. The van der Waals surface area contributed by atoms with E-state index in [2.05, 4.69) is 28.1 Å². The van der Waals surface area contributed by atoms with Gasteiger partial charge >= 0.3 is 0 Å². The van der Waals surface area contributed by atoms with Crippen LogP contribution in [-0.4, -0.2) is 18.8 Å². The molecule has 1 unspecified atom stereocenters. The van der Waals surface area contributed by atoms with Crippen LogP contribution in [0.3, 0.4) is 0 Å². The molecule has 15 heavy (non-hydrogen) atoms. The Labute approximate surface area is 99.9 Å². The van der Waals surface area contributed by atoms with Crippen LogP contribution in [0.4, 0.5) is 0 Å². The molecular weight excluding hydrogens is 254 g/mol. The van der Waals surface area contributed by atoms with Crippen LogP contribution in [0.5, 0.6) is 0 Å². The van der Waals surface area contributed by atoms with Crippen LogP contribution in [0, 0.1) is 0 Å². The van der Waals surface area contributed by atoms with Gasteiger partial charge in [-0.3, -0.25) is 0 Å². The molecule has 0 amide bonds. The first-order valence-corrected chi connectivity index (χ1v) is 5.99. The van der Waals surface area contributed by atoms with Crippen molar-refractivity contribution in [3.05, 3.63) is 34.3 Å². The molecule has 1 aromatic rings. The molecule has 0 aromatic heterocycles. The van der Waals surface area contributed by atoms with Crippen LogP contribution in [0.1, 0.15) is 19.4 Å². The Bertz CT molecular complexity index is 284. The summed E-state index contributed by atoms with van der Waals surface area (Å²) in [5.41, 5.74) is 7.20. The Morgan fingerprint density at radius 1 is 1.27 bits per heavy atom. The molecule has 0 saturated heterocycles. The van der Waals surface area contributed by atoms with Gasteiger partial charge in [0.1, 0.15) is 0 Å². The molecule has 84 valence electrons. The molecule has 0 spiro atoms. The quantitative estimate of drug-likeness (QED) is 0.894. The summed E-state index contributed by atoms with van der Waals surface area (Å²) in [6.45, 7) is 4.66. The third-order valence-corrected chi connectivity index (χ3v) is 2.58. The maximum absolute atomic E-state index is 5.96. The predicted molar refractivity (Wildman–Crippen MR) is 66.9 cm³/mol. The molecule has 0 bridgehead atoms. The highest BCUT2D eigenvalue weighted by atomic mass is 79.9. The van der Waals surface area contributed by atoms with Crippen LogP contribution in [-0.2, 0) is 11.2 Å². The van der Waals surface area contributed by atoms with E-state index >= 15 is 0 Å². The minimum Gasteiger partial charge on any atom is -0.377 e. The third kappa shape index (κ3) is 5.30. The van der Waals surface area contributed by atoms with E-state index in [0.29, 0.717) is 6.61 Å². The van der Waals surface area contributed by atoms with E-state index in [9.17, 15) is 0 Å². The molecule has 0 fully saturated rings. The van der Waals surface area contributed by atoms with Crippen LogP contribution in [0.25, 0.3) is 0 Å². The van der Waals surface area contributed by atoms with Crippen molar-refractivity contribution in [1.82, 2.24) is 0 Å². The summed E-state index contributed by atoms with van der Waals surface area (Å²) in [5, 5.41) is 0. The van der Waals surface area contributed by atoms with Gasteiger partial charge in [0.15, 0.2) is 0 Å². The van der Waals surface area contributed by atoms with E-state index in [-0.39, 0.29) is 12.1 Å². The minimum absolute atomic E-state index is 0.0774. The SMILES string of the molecule is CC(C)OCC(N)Cc1ccc(Br)cc1. The van der Waals surface area contributed by atoms with E-state index < -0.39 is 0 Å². The van der Waals surface area contributed by atoms with E-state index in [4.69, 9.17) is 10.5 Å². The number of halogens is 1. The van der Waals surface area contributed by atoms with Gasteiger partial charge in [-0.1, -0.05) is 28.1 Å². The Hall–Kier alpha value is -0.380. The molecule has 0 saturated carbocycles.